The van der Waals surface area contributed by atoms with Crippen molar-refractivity contribution in [2.24, 2.45) is 17.8 Å². The molecule has 4 aliphatic carbocycles. The van der Waals surface area contributed by atoms with E-state index in [0.717, 1.165) is 37.0 Å². The predicted molar refractivity (Wildman–Crippen MR) is 75.4 cm³/mol. The highest BCUT2D eigenvalue weighted by molar-refractivity contribution is 5.43. The second-order valence-electron chi connectivity index (χ2n) is 6.89. The summed E-state index contributed by atoms with van der Waals surface area (Å²) in [5.41, 5.74) is -0.101. The van der Waals surface area contributed by atoms with Crippen LogP contribution in [0.5, 0.6) is 0 Å². The van der Waals surface area contributed by atoms with E-state index in [1.165, 1.54) is 31.5 Å². The van der Waals surface area contributed by atoms with Gasteiger partial charge in [-0.15, -0.1) is 0 Å². The van der Waals surface area contributed by atoms with Crippen molar-refractivity contribution in [1.82, 2.24) is 4.98 Å². The molecule has 5 rings (SSSR count). The molecule has 0 radical (unpaired) electrons. The fourth-order valence-corrected chi connectivity index (χ4v) is 5.00. The average Bonchev–Trinajstić information content (AvgIpc) is 2.45. The van der Waals surface area contributed by atoms with Gasteiger partial charge >= 0.3 is 0 Å². The number of hydrogen-bond donors (Lipinski definition) is 1. The van der Waals surface area contributed by atoms with Crippen molar-refractivity contribution in [3.8, 4) is 0 Å². The topological polar surface area (TPSA) is 68.1 Å². The summed E-state index contributed by atoms with van der Waals surface area (Å²) in [5.74, 6) is 2.84. The molecular formula is C15H19N3O2. The molecule has 1 aromatic rings. The zero-order valence-corrected chi connectivity index (χ0v) is 11.4. The van der Waals surface area contributed by atoms with Gasteiger partial charge in [-0.25, -0.2) is 4.98 Å². The summed E-state index contributed by atoms with van der Waals surface area (Å²) in [6, 6.07) is 3.06. The van der Waals surface area contributed by atoms with Gasteiger partial charge in [0.05, 0.1) is 4.92 Å². The first-order valence-electron chi connectivity index (χ1n) is 7.90. The van der Waals surface area contributed by atoms with Gasteiger partial charge in [-0.05, 0) is 62.3 Å². The number of nitrogens with one attached hydrogen (secondary N) is 1. The van der Waals surface area contributed by atoms with Crippen molar-refractivity contribution < 1.29 is 6.34 Å². The zero-order valence-electron chi connectivity index (χ0n) is 12.4. The first-order chi connectivity index (χ1) is 10.1. The van der Waals surface area contributed by atoms with Crippen LogP contribution >= 0.6 is 0 Å². The fraction of sp³-hybridized carbons (Fsp3) is 0.667. The van der Waals surface area contributed by atoms with Crippen LogP contribution in [0, 0.1) is 27.9 Å². The van der Waals surface area contributed by atoms with E-state index in [1.54, 1.807) is 11.4 Å². The summed E-state index contributed by atoms with van der Waals surface area (Å²) in [6.45, 7) is 0. The monoisotopic (exact) mass is 274 g/mol. The van der Waals surface area contributed by atoms with Gasteiger partial charge in [0.15, 0.2) is 1.41 Å². The Morgan fingerprint density at radius 1 is 1.25 bits per heavy atom. The maximum atomic E-state index is 10.7. The molecule has 0 saturated heterocycles. The molecule has 4 bridgehead atoms. The zero-order chi connectivity index (χ0) is 14.6. The van der Waals surface area contributed by atoms with Crippen molar-refractivity contribution in [1.29, 1.82) is 0 Å². The Labute approximate surface area is 119 Å². The van der Waals surface area contributed by atoms with Crippen LogP contribution in [0.3, 0.4) is 0 Å². The second kappa shape index (κ2) is 4.17. The molecule has 4 saturated carbocycles. The molecule has 0 amide bonds. The molecule has 0 atom stereocenters. The lowest BCUT2D eigenvalue weighted by Gasteiger charge is -2.57. The first-order valence-corrected chi connectivity index (χ1v) is 7.45. The molecule has 1 heterocycles. The third-order valence-electron chi connectivity index (χ3n) is 5.30. The van der Waals surface area contributed by atoms with Crippen LogP contribution in [0.1, 0.15) is 38.5 Å². The second-order valence-corrected chi connectivity index (χ2v) is 6.89. The quantitative estimate of drug-likeness (QED) is 0.677. The summed E-state index contributed by atoms with van der Waals surface area (Å²) in [6.07, 6.45) is 8.52. The van der Waals surface area contributed by atoms with E-state index in [4.69, 9.17) is 1.41 Å². The number of anilines is 1. The smallest absolute Gasteiger partial charge is 0.287 e. The fourth-order valence-electron chi connectivity index (χ4n) is 5.00. The molecule has 0 aromatic carbocycles. The van der Waals surface area contributed by atoms with Gasteiger partial charge < -0.3 is 5.31 Å². The normalized spacial score (nSPS) is 38.6. The summed E-state index contributed by atoms with van der Waals surface area (Å²) >= 11 is 0. The first kappa shape index (κ1) is 11.1. The molecule has 5 heteroatoms. The number of hydrogen-bond acceptors (Lipinski definition) is 4. The van der Waals surface area contributed by atoms with E-state index in [-0.39, 0.29) is 11.2 Å². The van der Waals surface area contributed by atoms with Crippen molar-refractivity contribution in [2.75, 3.05) is 5.31 Å². The number of nitrogens with zero attached hydrogens (tertiary/aromatic N) is 2. The lowest BCUT2D eigenvalue weighted by atomic mass is 9.53. The molecule has 5 nitrogen and oxygen atoms in total. The van der Waals surface area contributed by atoms with Gasteiger partial charge in [0.1, 0.15) is 12.0 Å². The van der Waals surface area contributed by atoms with E-state index in [0.29, 0.717) is 5.82 Å². The minimum absolute atomic E-state index is 0.0161. The Hall–Kier alpha value is -1.65. The molecule has 4 aliphatic rings. The molecule has 1 aromatic heterocycles. The lowest BCUT2D eigenvalue weighted by molar-refractivity contribution is -0.385. The number of pyridine rings is 1. The van der Waals surface area contributed by atoms with E-state index >= 15 is 0 Å². The Morgan fingerprint density at radius 3 is 2.30 bits per heavy atom. The molecule has 4 fully saturated rings. The van der Waals surface area contributed by atoms with Crippen molar-refractivity contribution >= 4 is 11.5 Å². The standard InChI is InChI=1S/C15H19N3O2/c19-18(20)13-1-2-14(16-9-13)17-15-6-10-3-11(7-15)5-12(4-10)8-15/h1-2,9-12H,3-8H2,(H,16,17)/i/hD. The Kier molecular flexibility index (Phi) is 2.31. The Balaban J connectivity index is 1.62. The summed E-state index contributed by atoms with van der Waals surface area (Å²) in [5, 5.41) is 12.3. The van der Waals surface area contributed by atoms with Crippen LogP contribution in [0.15, 0.2) is 18.3 Å². The van der Waals surface area contributed by atoms with E-state index in [1.807, 2.05) is 0 Å². The van der Waals surface area contributed by atoms with Crippen molar-refractivity contribution in [2.45, 2.75) is 44.1 Å². The minimum Gasteiger partial charge on any atom is -0.365 e. The van der Waals surface area contributed by atoms with Crippen molar-refractivity contribution in [3.05, 3.63) is 28.4 Å². The average molecular weight is 274 g/mol. The third-order valence-corrected chi connectivity index (χ3v) is 5.30. The SMILES string of the molecule is [2H]N(c1ccc([N+](=O)[O-])cn1)C12CC3CC(CC(C3)C1)C2. The van der Waals surface area contributed by atoms with Crippen LogP contribution in [0.25, 0.3) is 0 Å². The predicted octanol–water partition coefficient (Wildman–Crippen LogP) is 3.37. The third kappa shape index (κ3) is 1.96. The molecule has 106 valence electrons. The largest absolute Gasteiger partial charge is 0.365 e. The van der Waals surface area contributed by atoms with Crippen LogP contribution in [0.2, 0.25) is 1.41 Å². The lowest BCUT2D eigenvalue weighted by Crippen LogP contribution is -2.54. The molecule has 0 spiro atoms. The number of aromatic nitrogens is 1. The van der Waals surface area contributed by atoms with E-state index in [2.05, 4.69) is 4.98 Å². The minimum atomic E-state index is -0.449. The van der Waals surface area contributed by atoms with E-state index in [9.17, 15) is 10.1 Å². The van der Waals surface area contributed by atoms with E-state index < -0.39 is 4.92 Å². The van der Waals surface area contributed by atoms with Crippen LogP contribution in [-0.4, -0.2) is 15.4 Å². The number of rotatable bonds is 3. The molecular weight excluding hydrogens is 254 g/mol. The highest BCUT2D eigenvalue weighted by Gasteiger charge is 2.51. The molecule has 20 heavy (non-hydrogen) atoms. The summed E-state index contributed by atoms with van der Waals surface area (Å²) < 4.78 is 8.57. The Bertz CT molecular complexity index is 540. The maximum absolute atomic E-state index is 10.7. The van der Waals surface area contributed by atoms with Gasteiger partial charge in [-0.3, -0.25) is 10.1 Å². The maximum Gasteiger partial charge on any atom is 0.287 e. The van der Waals surface area contributed by atoms with Crippen LogP contribution < -0.4 is 5.31 Å². The number of nitro groups is 1. The highest BCUT2D eigenvalue weighted by Crippen LogP contribution is 2.56. The van der Waals surface area contributed by atoms with Gasteiger partial charge in [0.25, 0.3) is 5.69 Å². The highest BCUT2D eigenvalue weighted by atomic mass is 16.6. The molecule has 0 unspecified atom stereocenters. The Morgan fingerprint density at radius 2 is 1.85 bits per heavy atom. The van der Waals surface area contributed by atoms with Crippen LogP contribution in [-0.2, 0) is 0 Å². The van der Waals surface area contributed by atoms with Gasteiger partial charge in [-0.1, -0.05) is 0 Å². The summed E-state index contributed by atoms with van der Waals surface area (Å²) in [7, 11) is 0. The van der Waals surface area contributed by atoms with Gasteiger partial charge in [0, 0.05) is 11.6 Å². The molecule has 1 N–H and O–H groups in total. The van der Waals surface area contributed by atoms with Gasteiger partial charge in [-0.2, -0.15) is 0 Å². The van der Waals surface area contributed by atoms with Gasteiger partial charge in [0.2, 0.25) is 0 Å². The van der Waals surface area contributed by atoms with Crippen LogP contribution in [0.4, 0.5) is 11.5 Å². The summed E-state index contributed by atoms with van der Waals surface area (Å²) in [4.78, 5) is 14.4. The van der Waals surface area contributed by atoms with Crippen molar-refractivity contribution in [3.63, 3.8) is 0 Å². The molecule has 0 aliphatic heterocycles.